The third-order valence-corrected chi connectivity index (χ3v) is 3.27. The van der Waals surface area contributed by atoms with Gasteiger partial charge in [-0.3, -0.25) is 4.79 Å². The van der Waals surface area contributed by atoms with E-state index in [1.54, 1.807) is 23.1 Å². The number of rotatable bonds is 1. The average Bonchev–Trinajstić information content (AvgIpc) is 2.93. The number of hydrogen-bond donors (Lipinski definition) is 1. The molecule has 19 heavy (non-hydrogen) atoms. The van der Waals surface area contributed by atoms with Crippen molar-refractivity contribution in [1.82, 2.24) is 10.2 Å². The minimum Gasteiger partial charge on any atom is -0.454 e. The van der Waals surface area contributed by atoms with Crippen molar-refractivity contribution in [3.8, 4) is 17.6 Å². The number of nitriles is 1. The van der Waals surface area contributed by atoms with E-state index in [2.05, 4.69) is 11.4 Å². The summed E-state index contributed by atoms with van der Waals surface area (Å²) in [7, 11) is 0. The third-order valence-electron chi connectivity index (χ3n) is 3.27. The van der Waals surface area contributed by atoms with Crippen LogP contribution in [0.15, 0.2) is 18.2 Å². The number of nitrogens with zero attached hydrogens (tertiary/aromatic N) is 2. The summed E-state index contributed by atoms with van der Waals surface area (Å²) >= 11 is 0. The molecule has 6 heteroatoms. The molecule has 2 aliphatic heterocycles. The van der Waals surface area contributed by atoms with Gasteiger partial charge in [-0.2, -0.15) is 5.26 Å². The lowest BCUT2D eigenvalue weighted by atomic mass is 10.1. The maximum absolute atomic E-state index is 12.4. The zero-order valence-corrected chi connectivity index (χ0v) is 10.3. The second-order valence-corrected chi connectivity index (χ2v) is 4.42. The van der Waals surface area contributed by atoms with Gasteiger partial charge in [-0.15, -0.1) is 0 Å². The van der Waals surface area contributed by atoms with Crippen LogP contribution in [0, 0.1) is 11.3 Å². The van der Waals surface area contributed by atoms with Crippen LogP contribution in [0.3, 0.4) is 0 Å². The Labute approximate surface area is 110 Å². The molecule has 3 rings (SSSR count). The van der Waals surface area contributed by atoms with Gasteiger partial charge in [-0.1, -0.05) is 0 Å². The number of fused-ring (bicyclic) bond motifs is 1. The number of nitrogens with one attached hydrogen (secondary N) is 1. The first kappa shape index (κ1) is 11.8. The summed E-state index contributed by atoms with van der Waals surface area (Å²) in [5.41, 5.74) is 0.520. The molecule has 0 aliphatic carbocycles. The van der Waals surface area contributed by atoms with Crippen LogP contribution >= 0.6 is 0 Å². The number of hydrogen-bond acceptors (Lipinski definition) is 5. The van der Waals surface area contributed by atoms with Gasteiger partial charge in [-0.25, -0.2) is 0 Å². The molecular weight excluding hydrogens is 246 g/mol. The molecule has 0 bridgehead atoms. The van der Waals surface area contributed by atoms with Crippen molar-refractivity contribution in [2.75, 3.05) is 26.4 Å². The lowest BCUT2D eigenvalue weighted by Crippen LogP contribution is -2.53. The Bertz CT molecular complexity index is 553. The second kappa shape index (κ2) is 4.78. The molecule has 2 aliphatic rings. The summed E-state index contributed by atoms with van der Waals surface area (Å²) in [5, 5.41) is 12.2. The van der Waals surface area contributed by atoms with Crippen molar-refractivity contribution in [2.45, 2.75) is 6.04 Å². The standard InChI is InChI=1S/C13H13N3O3/c14-6-10-7-15-3-4-16(10)13(17)9-1-2-11-12(5-9)19-8-18-11/h1-2,5,10,15H,3-4,7-8H2. The van der Waals surface area contributed by atoms with Crippen LogP contribution in [0.25, 0.3) is 0 Å². The predicted molar refractivity (Wildman–Crippen MR) is 65.9 cm³/mol. The smallest absolute Gasteiger partial charge is 0.255 e. The molecule has 1 atom stereocenters. The second-order valence-electron chi connectivity index (χ2n) is 4.42. The van der Waals surface area contributed by atoms with Crippen molar-refractivity contribution in [2.24, 2.45) is 0 Å². The molecule has 0 aromatic heterocycles. The number of carbonyl (C=O) groups excluding carboxylic acids is 1. The van der Waals surface area contributed by atoms with Gasteiger partial charge < -0.3 is 19.7 Å². The van der Waals surface area contributed by atoms with Crippen LogP contribution in [0.5, 0.6) is 11.5 Å². The summed E-state index contributed by atoms with van der Waals surface area (Å²) in [6.45, 7) is 1.92. The van der Waals surface area contributed by atoms with Crippen LogP contribution in [0.1, 0.15) is 10.4 Å². The molecule has 6 nitrogen and oxygen atoms in total. The van der Waals surface area contributed by atoms with Crippen LogP contribution in [-0.4, -0.2) is 43.3 Å². The zero-order chi connectivity index (χ0) is 13.2. The maximum atomic E-state index is 12.4. The van der Waals surface area contributed by atoms with Gasteiger partial charge in [-0.05, 0) is 18.2 Å². The van der Waals surface area contributed by atoms with Gasteiger partial charge in [0.15, 0.2) is 11.5 Å². The third kappa shape index (κ3) is 2.09. The van der Waals surface area contributed by atoms with Gasteiger partial charge in [0.2, 0.25) is 6.79 Å². The Hall–Kier alpha value is -2.26. The minimum atomic E-state index is -0.424. The first-order chi connectivity index (χ1) is 9.29. The first-order valence-electron chi connectivity index (χ1n) is 6.10. The summed E-state index contributed by atoms with van der Waals surface area (Å²) in [4.78, 5) is 14.0. The van der Waals surface area contributed by atoms with Gasteiger partial charge in [0.25, 0.3) is 5.91 Å². The molecule has 0 radical (unpaired) electrons. The average molecular weight is 259 g/mol. The first-order valence-corrected chi connectivity index (χ1v) is 6.10. The number of carbonyl (C=O) groups is 1. The monoisotopic (exact) mass is 259 g/mol. The van der Waals surface area contributed by atoms with E-state index in [4.69, 9.17) is 14.7 Å². The van der Waals surface area contributed by atoms with E-state index in [9.17, 15) is 4.79 Å². The Kier molecular flexibility index (Phi) is 2.97. The number of benzene rings is 1. The Morgan fingerprint density at radius 3 is 3.11 bits per heavy atom. The van der Waals surface area contributed by atoms with E-state index < -0.39 is 6.04 Å². The van der Waals surface area contributed by atoms with Crippen molar-refractivity contribution in [3.63, 3.8) is 0 Å². The number of amides is 1. The van der Waals surface area contributed by atoms with E-state index in [0.717, 1.165) is 0 Å². The Morgan fingerprint density at radius 1 is 1.42 bits per heavy atom. The highest BCUT2D eigenvalue weighted by Crippen LogP contribution is 2.32. The van der Waals surface area contributed by atoms with Crippen molar-refractivity contribution in [3.05, 3.63) is 23.8 Å². The van der Waals surface area contributed by atoms with Gasteiger partial charge in [0, 0.05) is 25.2 Å². The lowest BCUT2D eigenvalue weighted by Gasteiger charge is -2.32. The molecule has 1 saturated heterocycles. The van der Waals surface area contributed by atoms with Crippen LogP contribution < -0.4 is 14.8 Å². The lowest BCUT2D eigenvalue weighted by molar-refractivity contribution is 0.0686. The van der Waals surface area contributed by atoms with Gasteiger partial charge in [0.1, 0.15) is 6.04 Å². The van der Waals surface area contributed by atoms with Crippen molar-refractivity contribution < 1.29 is 14.3 Å². The maximum Gasteiger partial charge on any atom is 0.255 e. The van der Waals surface area contributed by atoms with E-state index >= 15 is 0 Å². The van der Waals surface area contributed by atoms with Crippen LogP contribution in [-0.2, 0) is 0 Å². The van der Waals surface area contributed by atoms with Gasteiger partial charge in [0.05, 0.1) is 6.07 Å². The molecule has 1 aromatic carbocycles. The highest BCUT2D eigenvalue weighted by atomic mass is 16.7. The van der Waals surface area contributed by atoms with Crippen LogP contribution in [0.4, 0.5) is 0 Å². The molecule has 1 amide bonds. The van der Waals surface area contributed by atoms with E-state index in [1.165, 1.54) is 0 Å². The summed E-state index contributed by atoms with van der Waals surface area (Å²) in [6, 6.07) is 6.81. The highest BCUT2D eigenvalue weighted by molar-refractivity contribution is 5.95. The molecule has 0 saturated carbocycles. The summed E-state index contributed by atoms with van der Waals surface area (Å²) < 4.78 is 10.5. The van der Waals surface area contributed by atoms with Crippen molar-refractivity contribution in [1.29, 1.82) is 5.26 Å². The number of ether oxygens (including phenoxy) is 2. The minimum absolute atomic E-state index is 0.147. The highest BCUT2D eigenvalue weighted by Gasteiger charge is 2.28. The molecule has 0 spiro atoms. The quantitative estimate of drug-likeness (QED) is 0.787. The molecule has 98 valence electrons. The molecular formula is C13H13N3O3. The molecule has 1 fully saturated rings. The Balaban J connectivity index is 1.85. The van der Waals surface area contributed by atoms with Crippen LogP contribution in [0.2, 0.25) is 0 Å². The van der Waals surface area contributed by atoms with E-state index in [0.29, 0.717) is 36.7 Å². The molecule has 1 aromatic rings. The summed E-state index contributed by atoms with van der Waals surface area (Å²) in [5.74, 6) is 1.08. The fourth-order valence-corrected chi connectivity index (χ4v) is 2.26. The zero-order valence-electron chi connectivity index (χ0n) is 10.3. The molecule has 1 N–H and O–H groups in total. The van der Waals surface area contributed by atoms with E-state index in [-0.39, 0.29) is 12.7 Å². The largest absolute Gasteiger partial charge is 0.454 e. The molecule has 1 unspecified atom stereocenters. The topological polar surface area (TPSA) is 74.6 Å². The number of piperazine rings is 1. The Morgan fingerprint density at radius 2 is 2.26 bits per heavy atom. The van der Waals surface area contributed by atoms with E-state index in [1.807, 2.05) is 0 Å². The fraction of sp³-hybridized carbons (Fsp3) is 0.385. The predicted octanol–water partition coefficient (Wildman–Crippen LogP) is 0.353. The normalized spacial score (nSPS) is 21.0. The SMILES string of the molecule is N#CC1CNCCN1C(=O)c1ccc2c(c1)OCO2. The van der Waals surface area contributed by atoms with Crippen molar-refractivity contribution >= 4 is 5.91 Å². The van der Waals surface area contributed by atoms with Gasteiger partial charge >= 0.3 is 0 Å². The summed E-state index contributed by atoms with van der Waals surface area (Å²) in [6.07, 6.45) is 0. The molecule has 2 heterocycles. The fourth-order valence-electron chi connectivity index (χ4n) is 2.26.